The van der Waals surface area contributed by atoms with Crippen molar-refractivity contribution in [3.8, 4) is 11.5 Å². The van der Waals surface area contributed by atoms with Crippen molar-refractivity contribution in [1.82, 2.24) is 0 Å². The Kier molecular flexibility index (Phi) is 2.95. The van der Waals surface area contributed by atoms with Crippen LogP contribution >= 0.6 is 0 Å². The Morgan fingerprint density at radius 1 is 1.16 bits per heavy atom. The minimum atomic E-state index is -0.411. The summed E-state index contributed by atoms with van der Waals surface area (Å²) in [5, 5.41) is 0. The van der Waals surface area contributed by atoms with Gasteiger partial charge in [0, 0.05) is 12.0 Å². The van der Waals surface area contributed by atoms with E-state index in [4.69, 9.17) is 9.47 Å². The zero-order valence-corrected chi connectivity index (χ0v) is 10.6. The van der Waals surface area contributed by atoms with Crippen LogP contribution in [-0.2, 0) is 6.42 Å². The van der Waals surface area contributed by atoms with Crippen LogP contribution in [0.25, 0.3) is 0 Å². The molecule has 0 spiro atoms. The smallest absolute Gasteiger partial charge is 0.203 e. The third kappa shape index (κ3) is 2.19. The molecule has 3 rings (SSSR count). The molecule has 1 heterocycles. The van der Waals surface area contributed by atoms with E-state index in [1.165, 1.54) is 0 Å². The summed E-state index contributed by atoms with van der Waals surface area (Å²) < 4.78 is 10.8. The van der Waals surface area contributed by atoms with Gasteiger partial charge in [0.2, 0.25) is 5.78 Å². The molecule has 0 N–H and O–H groups in total. The number of rotatable bonds is 3. The quantitative estimate of drug-likeness (QED) is 0.790. The lowest BCUT2D eigenvalue weighted by Crippen LogP contribution is -2.25. The second-order valence-electron chi connectivity index (χ2n) is 4.51. The molecule has 3 heteroatoms. The fraction of sp³-hybridized carbons (Fsp3) is 0.188. The fourth-order valence-corrected chi connectivity index (χ4v) is 2.27. The van der Waals surface area contributed by atoms with Gasteiger partial charge in [-0.05, 0) is 35.9 Å². The summed E-state index contributed by atoms with van der Waals surface area (Å²) in [6.07, 6.45) is 0.229. The van der Waals surface area contributed by atoms with Gasteiger partial charge in [-0.2, -0.15) is 0 Å². The Hall–Kier alpha value is -2.29. The Morgan fingerprint density at radius 3 is 2.58 bits per heavy atom. The molecule has 1 aliphatic rings. The minimum absolute atomic E-state index is 0.0128. The number of hydrogen-bond donors (Lipinski definition) is 0. The topological polar surface area (TPSA) is 35.5 Å². The van der Waals surface area contributed by atoms with Crippen LogP contribution in [0.1, 0.15) is 15.9 Å². The Bertz CT molecular complexity index is 577. The van der Waals surface area contributed by atoms with Gasteiger partial charge in [0.15, 0.2) is 6.10 Å². The summed E-state index contributed by atoms with van der Waals surface area (Å²) in [6.45, 7) is 0. The summed E-state index contributed by atoms with van der Waals surface area (Å²) in [5.74, 6) is 1.57. The van der Waals surface area contributed by atoms with Crippen molar-refractivity contribution in [3.63, 3.8) is 0 Å². The van der Waals surface area contributed by atoms with E-state index >= 15 is 0 Å². The molecule has 0 radical (unpaired) electrons. The van der Waals surface area contributed by atoms with Gasteiger partial charge in [-0.15, -0.1) is 0 Å². The van der Waals surface area contributed by atoms with Crippen molar-refractivity contribution >= 4 is 5.78 Å². The molecule has 0 amide bonds. The van der Waals surface area contributed by atoms with Crippen LogP contribution in [0.2, 0.25) is 0 Å². The van der Waals surface area contributed by atoms with Crippen LogP contribution in [0.3, 0.4) is 0 Å². The number of ketones is 1. The first-order valence-corrected chi connectivity index (χ1v) is 6.21. The van der Waals surface area contributed by atoms with E-state index in [2.05, 4.69) is 0 Å². The first-order valence-electron chi connectivity index (χ1n) is 6.21. The molecular weight excluding hydrogens is 240 g/mol. The number of carbonyl (C=O) groups is 1. The molecule has 2 aromatic carbocycles. The second kappa shape index (κ2) is 4.76. The lowest BCUT2D eigenvalue weighted by atomic mass is 10.0. The average molecular weight is 254 g/mol. The maximum atomic E-state index is 12.3. The maximum absolute atomic E-state index is 12.3. The van der Waals surface area contributed by atoms with Crippen LogP contribution in [0, 0.1) is 0 Å². The predicted octanol–water partition coefficient (Wildman–Crippen LogP) is 2.88. The molecule has 0 saturated heterocycles. The number of ether oxygens (including phenoxy) is 2. The van der Waals surface area contributed by atoms with E-state index < -0.39 is 6.10 Å². The van der Waals surface area contributed by atoms with E-state index in [1.54, 1.807) is 31.4 Å². The van der Waals surface area contributed by atoms with Crippen LogP contribution in [-0.4, -0.2) is 19.0 Å². The van der Waals surface area contributed by atoms with Crippen molar-refractivity contribution < 1.29 is 14.3 Å². The molecule has 0 aromatic heterocycles. The molecule has 1 unspecified atom stereocenters. The fourth-order valence-electron chi connectivity index (χ4n) is 2.27. The molecule has 0 bridgehead atoms. The largest absolute Gasteiger partial charge is 0.497 e. The van der Waals surface area contributed by atoms with E-state index in [0.717, 1.165) is 17.1 Å². The Balaban J connectivity index is 1.79. The van der Waals surface area contributed by atoms with E-state index in [1.807, 2.05) is 24.3 Å². The molecule has 3 nitrogen and oxygen atoms in total. The highest BCUT2D eigenvalue weighted by molar-refractivity contribution is 6.00. The second-order valence-corrected chi connectivity index (χ2v) is 4.51. The molecular formula is C16H14O3. The summed E-state index contributed by atoms with van der Waals surface area (Å²) in [5.41, 5.74) is 1.74. The maximum Gasteiger partial charge on any atom is 0.203 e. The third-order valence-corrected chi connectivity index (χ3v) is 3.31. The van der Waals surface area contributed by atoms with Gasteiger partial charge >= 0.3 is 0 Å². The number of fused-ring (bicyclic) bond motifs is 1. The van der Waals surface area contributed by atoms with Gasteiger partial charge in [-0.1, -0.05) is 18.2 Å². The first-order chi connectivity index (χ1) is 9.28. The number of methoxy groups -OCH3 is 1. The zero-order valence-electron chi connectivity index (χ0n) is 10.6. The van der Waals surface area contributed by atoms with Crippen molar-refractivity contribution in [2.45, 2.75) is 12.5 Å². The van der Waals surface area contributed by atoms with Gasteiger partial charge < -0.3 is 9.47 Å². The number of para-hydroxylation sites is 1. The zero-order chi connectivity index (χ0) is 13.2. The van der Waals surface area contributed by atoms with Crippen LogP contribution in [0.4, 0.5) is 0 Å². The van der Waals surface area contributed by atoms with Crippen LogP contribution in [0.5, 0.6) is 11.5 Å². The molecule has 1 atom stereocenters. The molecule has 0 saturated carbocycles. The molecule has 19 heavy (non-hydrogen) atoms. The first kappa shape index (κ1) is 11.8. The highest BCUT2D eigenvalue weighted by atomic mass is 16.5. The number of carbonyl (C=O) groups excluding carboxylic acids is 1. The standard InChI is InChI=1S/C16H14O3/c1-18-13-8-6-11(7-9-13)16(17)15-10-12-4-2-3-5-14(12)19-15/h2-9,15H,10H2,1H3. The third-order valence-electron chi connectivity index (χ3n) is 3.31. The lowest BCUT2D eigenvalue weighted by molar-refractivity contribution is 0.0824. The summed E-state index contributed by atoms with van der Waals surface area (Å²) in [7, 11) is 1.60. The molecule has 1 aliphatic heterocycles. The molecule has 96 valence electrons. The van der Waals surface area contributed by atoms with E-state index in [0.29, 0.717) is 12.0 Å². The van der Waals surface area contributed by atoms with Crippen LogP contribution < -0.4 is 9.47 Å². The van der Waals surface area contributed by atoms with Crippen molar-refractivity contribution in [3.05, 3.63) is 59.7 Å². The Morgan fingerprint density at radius 2 is 1.89 bits per heavy atom. The predicted molar refractivity (Wildman–Crippen MR) is 71.9 cm³/mol. The lowest BCUT2D eigenvalue weighted by Gasteiger charge is -2.09. The Labute approximate surface area is 111 Å². The average Bonchev–Trinajstić information content (AvgIpc) is 2.90. The molecule has 0 aliphatic carbocycles. The summed E-state index contributed by atoms with van der Waals surface area (Å²) >= 11 is 0. The number of Topliss-reactive ketones (excluding diaryl/α,β-unsaturated/α-hetero) is 1. The summed E-state index contributed by atoms with van der Waals surface area (Å²) in [4.78, 5) is 12.3. The van der Waals surface area contributed by atoms with Gasteiger partial charge in [0.05, 0.1) is 7.11 Å². The SMILES string of the molecule is COc1ccc(C(=O)C2Cc3ccccc3O2)cc1. The van der Waals surface area contributed by atoms with Gasteiger partial charge in [-0.3, -0.25) is 4.79 Å². The van der Waals surface area contributed by atoms with Crippen molar-refractivity contribution in [2.75, 3.05) is 7.11 Å². The highest BCUT2D eigenvalue weighted by Crippen LogP contribution is 2.29. The molecule has 2 aromatic rings. The minimum Gasteiger partial charge on any atom is -0.497 e. The van der Waals surface area contributed by atoms with Gasteiger partial charge in [-0.25, -0.2) is 0 Å². The summed E-state index contributed by atoms with van der Waals surface area (Å²) in [6, 6.07) is 14.9. The van der Waals surface area contributed by atoms with E-state index in [9.17, 15) is 4.79 Å². The highest BCUT2D eigenvalue weighted by Gasteiger charge is 2.29. The van der Waals surface area contributed by atoms with Crippen LogP contribution in [0.15, 0.2) is 48.5 Å². The molecule has 0 fully saturated rings. The van der Waals surface area contributed by atoms with Gasteiger partial charge in [0.1, 0.15) is 11.5 Å². The van der Waals surface area contributed by atoms with Crippen molar-refractivity contribution in [2.24, 2.45) is 0 Å². The normalized spacial score (nSPS) is 16.6. The number of hydrogen-bond acceptors (Lipinski definition) is 3. The van der Waals surface area contributed by atoms with Crippen molar-refractivity contribution in [1.29, 1.82) is 0 Å². The van der Waals surface area contributed by atoms with E-state index in [-0.39, 0.29) is 5.78 Å². The number of benzene rings is 2. The van der Waals surface area contributed by atoms with Gasteiger partial charge in [0.25, 0.3) is 0 Å². The monoisotopic (exact) mass is 254 g/mol.